The molecule has 0 bridgehead atoms. The van der Waals surface area contributed by atoms with Gasteiger partial charge in [0.15, 0.2) is 0 Å². The molecule has 15 heavy (non-hydrogen) atoms. The number of nitriles is 1. The summed E-state index contributed by atoms with van der Waals surface area (Å²) in [4.78, 5) is 14.4. The molecule has 0 saturated heterocycles. The van der Waals surface area contributed by atoms with Gasteiger partial charge in [0.25, 0.3) is 5.56 Å². The molecule has 1 aromatic carbocycles. The van der Waals surface area contributed by atoms with Gasteiger partial charge in [0.1, 0.15) is 0 Å². The summed E-state index contributed by atoms with van der Waals surface area (Å²) in [6, 6.07) is 9.58. The highest BCUT2D eigenvalue weighted by molar-refractivity contribution is 5.81. The van der Waals surface area contributed by atoms with Crippen molar-refractivity contribution in [2.45, 2.75) is 13.3 Å². The van der Waals surface area contributed by atoms with Gasteiger partial charge in [-0.3, -0.25) is 4.79 Å². The van der Waals surface area contributed by atoms with Crippen molar-refractivity contribution < 1.29 is 0 Å². The van der Waals surface area contributed by atoms with Crippen LogP contribution in [0.25, 0.3) is 10.9 Å². The molecule has 0 aliphatic rings. The van der Waals surface area contributed by atoms with E-state index in [1.165, 1.54) is 0 Å². The van der Waals surface area contributed by atoms with Crippen LogP contribution in [0, 0.1) is 18.3 Å². The van der Waals surface area contributed by atoms with E-state index in [1.54, 1.807) is 6.07 Å². The molecule has 0 saturated carbocycles. The number of hydrogen-bond donors (Lipinski definition) is 1. The second kappa shape index (κ2) is 3.58. The van der Waals surface area contributed by atoms with Crippen molar-refractivity contribution in [3.8, 4) is 6.07 Å². The number of pyridine rings is 1. The minimum atomic E-state index is -0.168. The molecule has 74 valence electrons. The third kappa shape index (κ3) is 1.62. The normalized spacial score (nSPS) is 10.1. The molecule has 0 unspecified atom stereocenters. The first-order valence-corrected chi connectivity index (χ1v) is 4.71. The summed E-state index contributed by atoms with van der Waals surface area (Å²) in [6.45, 7) is 1.95. The first-order valence-electron chi connectivity index (χ1n) is 4.71. The van der Waals surface area contributed by atoms with Crippen LogP contribution < -0.4 is 5.56 Å². The summed E-state index contributed by atoms with van der Waals surface area (Å²) in [5.74, 6) is 0. The Kier molecular flexibility index (Phi) is 2.26. The van der Waals surface area contributed by atoms with Crippen molar-refractivity contribution in [2.75, 3.05) is 0 Å². The number of hydrogen-bond acceptors (Lipinski definition) is 2. The largest absolute Gasteiger partial charge is 0.321 e. The second-order valence-corrected chi connectivity index (χ2v) is 3.50. The molecule has 3 nitrogen and oxygen atoms in total. The molecule has 0 radical (unpaired) electrons. The maximum absolute atomic E-state index is 11.6. The summed E-state index contributed by atoms with van der Waals surface area (Å²) in [6.07, 6.45) is 0.152. The zero-order valence-corrected chi connectivity index (χ0v) is 8.37. The van der Waals surface area contributed by atoms with Crippen LogP contribution in [0.3, 0.4) is 0 Å². The Morgan fingerprint density at radius 3 is 3.00 bits per heavy atom. The lowest BCUT2D eigenvalue weighted by molar-refractivity contribution is 1.16. The number of aromatic nitrogens is 1. The first-order chi connectivity index (χ1) is 7.22. The molecule has 2 aromatic rings. The predicted molar refractivity (Wildman–Crippen MR) is 58.6 cm³/mol. The van der Waals surface area contributed by atoms with Crippen molar-refractivity contribution in [1.82, 2.24) is 4.98 Å². The fourth-order valence-corrected chi connectivity index (χ4v) is 1.65. The molecule has 0 atom stereocenters. The molecule has 0 aliphatic carbocycles. The maximum atomic E-state index is 11.6. The molecule has 1 heterocycles. The molecule has 0 aliphatic heterocycles. The average molecular weight is 198 g/mol. The van der Waals surface area contributed by atoms with Crippen LogP contribution in [0.2, 0.25) is 0 Å². The molecule has 2 rings (SSSR count). The lowest BCUT2D eigenvalue weighted by Gasteiger charge is -2.02. The van der Waals surface area contributed by atoms with E-state index in [9.17, 15) is 4.79 Å². The minimum absolute atomic E-state index is 0.152. The highest BCUT2D eigenvalue weighted by Gasteiger charge is 2.03. The van der Waals surface area contributed by atoms with Gasteiger partial charge in [-0.25, -0.2) is 0 Å². The summed E-state index contributed by atoms with van der Waals surface area (Å²) < 4.78 is 0. The van der Waals surface area contributed by atoms with E-state index in [1.807, 2.05) is 31.2 Å². The van der Waals surface area contributed by atoms with E-state index >= 15 is 0 Å². The van der Waals surface area contributed by atoms with Crippen LogP contribution in [-0.2, 0) is 6.42 Å². The summed E-state index contributed by atoms with van der Waals surface area (Å²) in [7, 11) is 0. The molecular weight excluding hydrogens is 188 g/mol. The minimum Gasteiger partial charge on any atom is -0.321 e. The number of aryl methyl sites for hydroxylation is 1. The number of nitrogens with zero attached hydrogens (tertiary/aromatic N) is 1. The third-order valence-corrected chi connectivity index (χ3v) is 2.43. The topological polar surface area (TPSA) is 56.6 Å². The Bertz CT molecular complexity index is 605. The number of benzene rings is 1. The summed E-state index contributed by atoms with van der Waals surface area (Å²) in [5.41, 5.74) is 2.24. The van der Waals surface area contributed by atoms with Gasteiger partial charge in [-0.15, -0.1) is 0 Å². The Labute approximate surface area is 87.0 Å². The highest BCUT2D eigenvalue weighted by atomic mass is 16.1. The smallest absolute Gasteiger partial charge is 0.252 e. The van der Waals surface area contributed by atoms with Gasteiger partial charge >= 0.3 is 0 Å². The monoisotopic (exact) mass is 198 g/mol. The van der Waals surface area contributed by atoms with Gasteiger partial charge in [0.05, 0.1) is 18.0 Å². The third-order valence-electron chi connectivity index (χ3n) is 2.43. The number of para-hydroxylation sites is 1. The van der Waals surface area contributed by atoms with E-state index in [0.29, 0.717) is 5.56 Å². The molecular formula is C12H10N2O. The predicted octanol–water partition coefficient (Wildman–Crippen LogP) is 1.90. The van der Waals surface area contributed by atoms with Crippen LogP contribution in [0.4, 0.5) is 0 Å². The fourth-order valence-electron chi connectivity index (χ4n) is 1.65. The molecule has 0 amide bonds. The quantitative estimate of drug-likeness (QED) is 0.760. The van der Waals surface area contributed by atoms with E-state index in [2.05, 4.69) is 4.98 Å². The van der Waals surface area contributed by atoms with Crippen LogP contribution in [0.5, 0.6) is 0 Å². The van der Waals surface area contributed by atoms with Gasteiger partial charge < -0.3 is 4.98 Å². The van der Waals surface area contributed by atoms with Crippen LogP contribution in [-0.4, -0.2) is 4.98 Å². The molecule has 0 spiro atoms. The van der Waals surface area contributed by atoms with Gasteiger partial charge in [-0.05, 0) is 23.9 Å². The SMILES string of the molecule is Cc1cccc2cc(CC#N)c(=O)[nH]c12. The molecule has 1 N–H and O–H groups in total. The lowest BCUT2D eigenvalue weighted by atomic mass is 10.1. The number of fused-ring (bicyclic) bond motifs is 1. The van der Waals surface area contributed by atoms with Crippen molar-refractivity contribution in [1.29, 1.82) is 5.26 Å². The van der Waals surface area contributed by atoms with Gasteiger partial charge in [0.2, 0.25) is 0 Å². The first kappa shape index (κ1) is 9.47. The Morgan fingerprint density at radius 1 is 1.47 bits per heavy atom. The Morgan fingerprint density at radius 2 is 2.27 bits per heavy atom. The van der Waals surface area contributed by atoms with Crippen LogP contribution in [0.15, 0.2) is 29.1 Å². The van der Waals surface area contributed by atoms with Crippen LogP contribution >= 0.6 is 0 Å². The zero-order chi connectivity index (χ0) is 10.8. The number of nitrogens with one attached hydrogen (secondary N) is 1. The maximum Gasteiger partial charge on any atom is 0.252 e. The fraction of sp³-hybridized carbons (Fsp3) is 0.167. The number of aromatic amines is 1. The Balaban J connectivity index is 2.78. The summed E-state index contributed by atoms with van der Waals surface area (Å²) >= 11 is 0. The van der Waals surface area contributed by atoms with Gasteiger partial charge in [-0.1, -0.05) is 18.2 Å². The van der Waals surface area contributed by atoms with Gasteiger partial charge in [0, 0.05) is 5.56 Å². The number of rotatable bonds is 1. The van der Waals surface area contributed by atoms with E-state index in [0.717, 1.165) is 16.5 Å². The number of H-pyrrole nitrogens is 1. The second-order valence-electron chi connectivity index (χ2n) is 3.50. The molecule has 1 aromatic heterocycles. The molecule has 3 heteroatoms. The van der Waals surface area contributed by atoms with Gasteiger partial charge in [-0.2, -0.15) is 5.26 Å². The summed E-state index contributed by atoms with van der Waals surface area (Å²) in [5, 5.41) is 9.54. The van der Waals surface area contributed by atoms with E-state index in [-0.39, 0.29) is 12.0 Å². The standard InChI is InChI=1S/C12H10N2O/c1-8-3-2-4-9-7-10(5-6-13)12(15)14-11(8)9/h2-4,7H,5H2,1H3,(H,14,15). The molecule has 0 fully saturated rings. The van der Waals surface area contributed by atoms with Crippen molar-refractivity contribution >= 4 is 10.9 Å². The Hall–Kier alpha value is -2.08. The zero-order valence-electron chi connectivity index (χ0n) is 8.37. The average Bonchev–Trinajstić information content (AvgIpc) is 2.21. The van der Waals surface area contributed by atoms with E-state index < -0.39 is 0 Å². The van der Waals surface area contributed by atoms with E-state index in [4.69, 9.17) is 5.26 Å². The van der Waals surface area contributed by atoms with Crippen molar-refractivity contribution in [3.05, 3.63) is 45.7 Å². The van der Waals surface area contributed by atoms with Crippen molar-refractivity contribution in [2.24, 2.45) is 0 Å². The van der Waals surface area contributed by atoms with Crippen LogP contribution in [0.1, 0.15) is 11.1 Å². The lowest BCUT2D eigenvalue weighted by Crippen LogP contribution is -2.12. The highest BCUT2D eigenvalue weighted by Crippen LogP contribution is 2.14. The van der Waals surface area contributed by atoms with Crippen molar-refractivity contribution in [3.63, 3.8) is 0 Å².